The van der Waals surface area contributed by atoms with Gasteiger partial charge in [-0.25, -0.2) is 0 Å². The molecule has 24 heavy (non-hydrogen) atoms. The lowest BCUT2D eigenvalue weighted by atomic mass is 10.0. The van der Waals surface area contributed by atoms with Gasteiger partial charge in [-0.05, 0) is 58.4 Å². The van der Waals surface area contributed by atoms with E-state index >= 15 is 0 Å². The van der Waals surface area contributed by atoms with Gasteiger partial charge in [0.05, 0.1) is 17.0 Å². The fourth-order valence-corrected chi connectivity index (χ4v) is 4.43. The number of hydrogen-bond donors (Lipinski definition) is 1. The van der Waals surface area contributed by atoms with E-state index in [9.17, 15) is 9.59 Å². The van der Waals surface area contributed by atoms with Gasteiger partial charge in [-0.15, -0.1) is 5.10 Å². The Morgan fingerprint density at radius 2 is 1.88 bits per heavy atom. The number of ketones is 2. The molecule has 0 aliphatic rings. The van der Waals surface area contributed by atoms with Gasteiger partial charge in [0.1, 0.15) is 0 Å². The molecule has 0 saturated heterocycles. The molecule has 1 N–H and O–H groups in total. The number of rotatable bonds is 7. The van der Waals surface area contributed by atoms with E-state index in [1.165, 1.54) is 30.0 Å². The molecule has 0 fully saturated rings. The van der Waals surface area contributed by atoms with Gasteiger partial charge in [-0.3, -0.25) is 9.59 Å². The second-order valence-corrected chi connectivity index (χ2v) is 8.33. The third-order valence-electron chi connectivity index (χ3n) is 3.41. The normalized spacial score (nSPS) is 12.5. The number of ether oxygens (including phenoxy) is 1. The molecule has 1 atom stereocenters. The van der Waals surface area contributed by atoms with Crippen LogP contribution in [0.5, 0.6) is 5.19 Å². The van der Waals surface area contributed by atoms with Crippen molar-refractivity contribution in [2.45, 2.75) is 57.2 Å². The van der Waals surface area contributed by atoms with Crippen LogP contribution in [0, 0.1) is 13.8 Å². The molecule has 0 spiro atoms. The van der Waals surface area contributed by atoms with Gasteiger partial charge in [0.2, 0.25) is 0 Å². The van der Waals surface area contributed by atoms with Crippen molar-refractivity contribution in [3.05, 3.63) is 22.5 Å². The highest BCUT2D eigenvalue weighted by atomic mass is 32.2. The Balaban J connectivity index is 2.14. The second kappa shape index (κ2) is 7.48. The fourth-order valence-electron chi connectivity index (χ4n) is 2.43. The average Bonchev–Trinajstić information content (AvgIpc) is 3.01. The zero-order valence-electron chi connectivity index (χ0n) is 14.6. The van der Waals surface area contributed by atoms with Crippen LogP contribution >= 0.6 is 23.1 Å². The molecular weight excluding hydrogens is 346 g/mol. The first kappa shape index (κ1) is 18.7. The molecule has 1 unspecified atom stereocenters. The predicted octanol–water partition coefficient (Wildman–Crippen LogP) is 3.84. The Bertz CT molecular complexity index is 765. The van der Waals surface area contributed by atoms with Crippen molar-refractivity contribution in [3.8, 4) is 5.19 Å². The number of H-pyrrole nitrogens is 1. The second-order valence-electron chi connectivity index (χ2n) is 5.81. The van der Waals surface area contributed by atoms with Crippen LogP contribution < -0.4 is 4.74 Å². The maximum absolute atomic E-state index is 12.7. The van der Waals surface area contributed by atoms with Gasteiger partial charge < -0.3 is 9.72 Å². The molecule has 2 rings (SSSR count). The molecule has 2 aromatic heterocycles. The molecule has 0 bridgehead atoms. The van der Waals surface area contributed by atoms with Crippen LogP contribution in [-0.2, 0) is 0 Å². The molecule has 130 valence electrons. The van der Waals surface area contributed by atoms with E-state index in [0.717, 1.165) is 5.69 Å². The van der Waals surface area contributed by atoms with Crippen LogP contribution in [-0.4, -0.2) is 38.1 Å². The third-order valence-corrected chi connectivity index (χ3v) is 5.41. The van der Waals surface area contributed by atoms with Crippen LogP contribution in [0.1, 0.15) is 59.8 Å². The van der Waals surface area contributed by atoms with Crippen molar-refractivity contribution in [2.75, 3.05) is 0 Å². The zero-order valence-corrected chi connectivity index (χ0v) is 16.2. The number of carbonyl (C=O) groups excluding carboxylic acids is 2. The summed E-state index contributed by atoms with van der Waals surface area (Å²) in [5.41, 5.74) is 2.52. The quantitative estimate of drug-likeness (QED) is 0.591. The Morgan fingerprint density at radius 3 is 2.42 bits per heavy atom. The van der Waals surface area contributed by atoms with E-state index in [4.69, 9.17) is 4.74 Å². The van der Waals surface area contributed by atoms with Gasteiger partial charge >= 0.3 is 0 Å². The Morgan fingerprint density at radius 1 is 1.21 bits per heavy atom. The fraction of sp³-hybridized carbons (Fsp3) is 0.500. The minimum Gasteiger partial charge on any atom is -0.466 e. The first-order valence-corrected chi connectivity index (χ1v) is 9.31. The molecule has 2 heterocycles. The first-order valence-electron chi connectivity index (χ1n) is 7.61. The Labute approximate surface area is 149 Å². The summed E-state index contributed by atoms with van der Waals surface area (Å²) in [4.78, 5) is 27.5. The monoisotopic (exact) mass is 367 g/mol. The summed E-state index contributed by atoms with van der Waals surface area (Å²) in [6, 6.07) is 0. The first-order chi connectivity index (χ1) is 11.2. The smallest absolute Gasteiger partial charge is 0.295 e. The average molecular weight is 367 g/mol. The van der Waals surface area contributed by atoms with Crippen molar-refractivity contribution >= 4 is 34.7 Å². The van der Waals surface area contributed by atoms with Crippen molar-refractivity contribution in [1.29, 1.82) is 0 Å². The number of Topliss-reactive ketones (excluding diaryl/α,β-unsaturated/α-hetero) is 2. The Hall–Kier alpha value is -1.67. The summed E-state index contributed by atoms with van der Waals surface area (Å²) < 4.78 is 6.17. The lowest BCUT2D eigenvalue weighted by Crippen LogP contribution is -2.15. The molecule has 6 nitrogen and oxygen atoms in total. The molecular formula is C16H21N3O3S2. The maximum atomic E-state index is 12.7. The highest BCUT2D eigenvalue weighted by molar-refractivity contribution is 8.02. The lowest BCUT2D eigenvalue weighted by molar-refractivity contribution is 0.0988. The van der Waals surface area contributed by atoms with Crippen LogP contribution in [0.4, 0.5) is 0 Å². The number of thioether (sulfide) groups is 1. The minimum atomic E-state index is -0.346. The SMILES string of the molecule is CC(=O)c1c(C)[nH]c(C(=O)C(C)Sc2nnc(OC(C)C)s2)c1C. The van der Waals surface area contributed by atoms with E-state index in [1.807, 2.05) is 20.8 Å². The van der Waals surface area contributed by atoms with E-state index in [1.54, 1.807) is 13.8 Å². The number of aromatic nitrogens is 3. The third kappa shape index (κ3) is 4.05. The van der Waals surface area contributed by atoms with E-state index < -0.39 is 0 Å². The summed E-state index contributed by atoms with van der Waals surface area (Å²) in [6.07, 6.45) is 0.0319. The number of nitrogens with zero attached hydrogens (tertiary/aromatic N) is 2. The summed E-state index contributed by atoms with van der Waals surface area (Å²) in [5.74, 6) is -0.102. The summed E-state index contributed by atoms with van der Waals surface area (Å²) >= 11 is 2.66. The standard InChI is InChI=1S/C16H21N3O3S2/c1-7(2)22-15-18-19-16(24-15)23-11(6)14(21)13-8(3)12(10(5)20)9(4)17-13/h7,11,17H,1-6H3. The zero-order chi connectivity index (χ0) is 18.0. The minimum absolute atomic E-state index is 0.0319. The van der Waals surface area contributed by atoms with Crippen molar-refractivity contribution in [3.63, 3.8) is 0 Å². The molecule has 0 aromatic carbocycles. The highest BCUT2D eigenvalue weighted by Gasteiger charge is 2.25. The summed E-state index contributed by atoms with van der Waals surface area (Å²) in [7, 11) is 0. The molecule has 0 saturated carbocycles. The van der Waals surface area contributed by atoms with Gasteiger partial charge in [0.15, 0.2) is 15.9 Å². The van der Waals surface area contributed by atoms with Crippen LogP contribution in [0.3, 0.4) is 0 Å². The van der Waals surface area contributed by atoms with Crippen molar-refractivity contribution < 1.29 is 14.3 Å². The molecule has 0 aliphatic heterocycles. The van der Waals surface area contributed by atoms with Crippen LogP contribution in [0.15, 0.2) is 4.34 Å². The van der Waals surface area contributed by atoms with E-state index in [2.05, 4.69) is 15.2 Å². The number of aromatic amines is 1. The molecule has 8 heteroatoms. The van der Waals surface area contributed by atoms with Crippen LogP contribution in [0.2, 0.25) is 0 Å². The topological polar surface area (TPSA) is 84.9 Å². The lowest BCUT2D eigenvalue weighted by Gasteiger charge is -2.07. The van der Waals surface area contributed by atoms with E-state index in [0.29, 0.717) is 26.4 Å². The van der Waals surface area contributed by atoms with Crippen molar-refractivity contribution in [2.24, 2.45) is 0 Å². The highest BCUT2D eigenvalue weighted by Crippen LogP contribution is 2.32. The molecule has 0 amide bonds. The number of carbonyl (C=O) groups is 2. The number of aryl methyl sites for hydroxylation is 1. The van der Waals surface area contributed by atoms with Crippen molar-refractivity contribution in [1.82, 2.24) is 15.2 Å². The van der Waals surface area contributed by atoms with Gasteiger partial charge in [-0.1, -0.05) is 16.9 Å². The Kier molecular flexibility index (Phi) is 5.82. The summed E-state index contributed by atoms with van der Waals surface area (Å²) in [6.45, 7) is 10.8. The van der Waals surface area contributed by atoms with Gasteiger partial charge in [0.25, 0.3) is 5.19 Å². The van der Waals surface area contributed by atoms with E-state index in [-0.39, 0.29) is 22.9 Å². The van der Waals surface area contributed by atoms with Crippen LogP contribution in [0.25, 0.3) is 0 Å². The predicted molar refractivity (Wildman–Crippen MR) is 95.6 cm³/mol. The molecule has 2 aromatic rings. The largest absolute Gasteiger partial charge is 0.466 e. The number of nitrogens with one attached hydrogen (secondary N) is 1. The number of hydrogen-bond acceptors (Lipinski definition) is 7. The maximum Gasteiger partial charge on any atom is 0.295 e. The van der Waals surface area contributed by atoms with Gasteiger partial charge in [-0.2, -0.15) is 0 Å². The molecule has 0 radical (unpaired) electrons. The summed E-state index contributed by atoms with van der Waals surface area (Å²) in [5, 5.41) is 8.16. The molecule has 0 aliphatic carbocycles. The van der Waals surface area contributed by atoms with Gasteiger partial charge in [0, 0.05) is 11.3 Å².